The van der Waals surface area contributed by atoms with Crippen molar-refractivity contribution in [3.05, 3.63) is 29.3 Å². The maximum atomic E-state index is 15.5. The molecule has 2 fully saturated rings. The fraction of sp³-hybridized carbons (Fsp3) is 0.500. The number of nitrogens with zero attached hydrogens (tertiary/aromatic N) is 7. The molecule has 0 radical (unpaired) electrons. The first kappa shape index (κ1) is 27.9. The first-order valence-electron chi connectivity index (χ1n) is 12.0. The number of rotatable bonds is 7. The number of aliphatic hydroxyl groups excluding tert-OH is 2. The summed E-state index contributed by atoms with van der Waals surface area (Å²) in [5, 5.41) is 20.2. The first-order valence-corrected chi connectivity index (χ1v) is 14.9. The molecule has 2 aliphatic heterocycles. The molecule has 9 atom stereocenters. The van der Waals surface area contributed by atoms with E-state index in [1.54, 1.807) is 0 Å². The van der Waals surface area contributed by atoms with Crippen molar-refractivity contribution in [2.75, 3.05) is 24.7 Å². The van der Waals surface area contributed by atoms with E-state index in [0.717, 1.165) is 17.2 Å². The van der Waals surface area contributed by atoms with Crippen LogP contribution in [0.1, 0.15) is 12.5 Å². The standard InChI is InChI=1S/C20H23F2N10O7PS/c21-8-6(1-33)38-19(32-5-28-11-16(32)29-20(24)30-17(11)35)13(8)40(36,41)37-2-7-12(34)9(22)18(39-7)31-4-27-10-14(23)25-3-26-15(10)31/h3-9,12-13,18-19,33-34H,1-2H2,(H,36,41)(H2,23,25,26)(H3,24,29,30,35)/t6-,7-,8-,9+,12-,13-,18-,19-,40?/m1/s1. The fourth-order valence-electron chi connectivity index (χ4n) is 4.94. The van der Waals surface area contributed by atoms with E-state index < -0.39 is 74.1 Å². The second kappa shape index (κ2) is 10.2. The van der Waals surface area contributed by atoms with E-state index in [1.807, 2.05) is 0 Å². The van der Waals surface area contributed by atoms with Gasteiger partial charge >= 0.3 is 0 Å². The van der Waals surface area contributed by atoms with Crippen molar-refractivity contribution >= 4 is 52.9 Å². The minimum absolute atomic E-state index is 0.0575. The normalized spacial score (nSPS) is 31.7. The molecule has 2 saturated heterocycles. The quantitative estimate of drug-likeness (QED) is 0.113. The number of imidazole rings is 2. The summed E-state index contributed by atoms with van der Waals surface area (Å²) < 4.78 is 63.5. The SMILES string of the molecule is Nc1nc2c(ncn2[C@@H]2O[C@H](CO)[C@@H](F)[C@H]2P(=O)(S)OC[C@H]2O[C@@H](n3cnc4c(N)ncnc43)[C@@H](F)[C@@H]2O)c(=O)[nH]1. The van der Waals surface area contributed by atoms with Gasteiger partial charge in [-0.05, 0) is 0 Å². The molecular weight excluding hydrogens is 593 g/mol. The number of halogens is 2. The number of fused-ring (bicyclic) bond motifs is 2. The topological polar surface area (TPSA) is 244 Å². The number of ether oxygens (including phenoxy) is 2. The maximum Gasteiger partial charge on any atom is 0.280 e. The van der Waals surface area contributed by atoms with Gasteiger partial charge in [-0.3, -0.25) is 23.5 Å². The summed E-state index contributed by atoms with van der Waals surface area (Å²) >= 11 is 4.12. The zero-order valence-electron chi connectivity index (χ0n) is 20.6. The van der Waals surface area contributed by atoms with Crippen molar-refractivity contribution < 1.29 is 37.6 Å². The van der Waals surface area contributed by atoms with E-state index in [4.69, 9.17) is 25.5 Å². The Morgan fingerprint density at radius 3 is 2.46 bits per heavy atom. The van der Waals surface area contributed by atoms with E-state index in [-0.39, 0.29) is 34.1 Å². The van der Waals surface area contributed by atoms with Gasteiger partial charge in [-0.2, -0.15) is 4.98 Å². The number of thiol groups is 1. The van der Waals surface area contributed by atoms with Crippen LogP contribution in [0, 0.1) is 0 Å². The molecule has 4 aromatic rings. The Bertz CT molecular complexity index is 1720. The Morgan fingerprint density at radius 2 is 1.73 bits per heavy atom. The highest BCUT2D eigenvalue weighted by molar-refractivity contribution is 8.46. The van der Waals surface area contributed by atoms with Crippen LogP contribution in [0.2, 0.25) is 0 Å². The molecular formula is C20H23F2N10O7PS. The van der Waals surface area contributed by atoms with E-state index in [9.17, 15) is 19.6 Å². The van der Waals surface area contributed by atoms with E-state index in [1.165, 1.54) is 10.9 Å². The van der Waals surface area contributed by atoms with E-state index >= 15 is 8.78 Å². The summed E-state index contributed by atoms with van der Waals surface area (Å²) in [6, 6.07) is 0. The Morgan fingerprint density at radius 1 is 1.05 bits per heavy atom. The summed E-state index contributed by atoms with van der Waals surface area (Å²) in [5.41, 5.74) is 9.17. The summed E-state index contributed by atoms with van der Waals surface area (Å²) in [7, 11) is 0. The van der Waals surface area contributed by atoms with Crippen LogP contribution in [0.25, 0.3) is 22.3 Å². The minimum atomic E-state index is -4.35. The number of alkyl halides is 2. The number of aliphatic hydroxyl groups is 2. The number of hydrogen-bond acceptors (Lipinski definition) is 14. The van der Waals surface area contributed by atoms with Crippen LogP contribution in [0.15, 0.2) is 23.8 Å². The Labute approximate surface area is 232 Å². The molecule has 4 aromatic heterocycles. The van der Waals surface area contributed by atoms with Gasteiger partial charge in [0.1, 0.15) is 42.0 Å². The molecule has 0 spiro atoms. The maximum absolute atomic E-state index is 15.5. The van der Waals surface area contributed by atoms with Crippen LogP contribution in [-0.4, -0.2) is 98.8 Å². The largest absolute Gasteiger partial charge is 0.394 e. The Kier molecular flexibility index (Phi) is 6.96. The second-order valence-electron chi connectivity index (χ2n) is 9.40. The van der Waals surface area contributed by atoms with Gasteiger partial charge < -0.3 is 35.7 Å². The summed E-state index contributed by atoms with van der Waals surface area (Å²) in [5.74, 6) is -0.204. The molecule has 0 aromatic carbocycles. The number of aromatic nitrogens is 8. The predicted octanol–water partition coefficient (Wildman–Crippen LogP) is -0.544. The van der Waals surface area contributed by atoms with Crippen LogP contribution in [-0.2, 0) is 18.6 Å². The molecule has 41 heavy (non-hydrogen) atoms. The van der Waals surface area contributed by atoms with Gasteiger partial charge in [-0.1, -0.05) is 12.2 Å². The molecule has 0 aliphatic carbocycles. The molecule has 0 saturated carbocycles. The third-order valence-electron chi connectivity index (χ3n) is 6.95. The molecule has 21 heteroatoms. The van der Waals surface area contributed by atoms with E-state index in [0.29, 0.717) is 0 Å². The number of anilines is 2. The number of hydrogen-bond donors (Lipinski definition) is 6. The molecule has 17 nitrogen and oxygen atoms in total. The second-order valence-corrected chi connectivity index (χ2v) is 13.1. The highest BCUT2D eigenvalue weighted by Gasteiger charge is 2.56. The van der Waals surface area contributed by atoms with Crippen molar-refractivity contribution in [1.82, 2.24) is 39.0 Å². The monoisotopic (exact) mass is 616 g/mol. The molecule has 2 aliphatic rings. The molecule has 7 N–H and O–H groups in total. The van der Waals surface area contributed by atoms with Crippen molar-refractivity contribution in [1.29, 1.82) is 0 Å². The van der Waals surface area contributed by atoms with Crippen molar-refractivity contribution in [2.24, 2.45) is 0 Å². The van der Waals surface area contributed by atoms with Crippen LogP contribution in [0.3, 0.4) is 0 Å². The van der Waals surface area contributed by atoms with Crippen molar-refractivity contribution in [2.45, 2.75) is 48.8 Å². The number of nitrogens with two attached hydrogens (primary N) is 2. The number of nitrogen functional groups attached to an aromatic ring is 2. The molecule has 0 amide bonds. The van der Waals surface area contributed by atoms with Crippen molar-refractivity contribution in [3.8, 4) is 0 Å². The van der Waals surface area contributed by atoms with Crippen LogP contribution in [0.4, 0.5) is 20.5 Å². The molecule has 0 bridgehead atoms. The molecule has 1 unspecified atom stereocenters. The Hall–Kier alpha value is -3.26. The van der Waals surface area contributed by atoms with Gasteiger partial charge in [0.05, 0.1) is 25.9 Å². The summed E-state index contributed by atoms with van der Waals surface area (Å²) in [4.78, 5) is 34.3. The number of aromatic amines is 1. The minimum Gasteiger partial charge on any atom is -0.394 e. The fourth-order valence-corrected chi connectivity index (χ4v) is 7.49. The van der Waals surface area contributed by atoms with Gasteiger partial charge in [0, 0.05) is 0 Å². The summed E-state index contributed by atoms with van der Waals surface area (Å²) in [6.45, 7) is -5.80. The van der Waals surface area contributed by atoms with Gasteiger partial charge in [0.2, 0.25) is 5.95 Å². The van der Waals surface area contributed by atoms with Crippen molar-refractivity contribution in [3.63, 3.8) is 0 Å². The third-order valence-corrected chi connectivity index (χ3v) is 9.91. The van der Waals surface area contributed by atoms with Crippen LogP contribution in [0.5, 0.6) is 0 Å². The zero-order chi connectivity index (χ0) is 29.2. The highest BCUT2D eigenvalue weighted by Crippen LogP contribution is 2.64. The highest BCUT2D eigenvalue weighted by atomic mass is 32.7. The lowest BCUT2D eigenvalue weighted by Gasteiger charge is -2.27. The van der Waals surface area contributed by atoms with Gasteiger partial charge in [0.25, 0.3) is 12.1 Å². The van der Waals surface area contributed by atoms with Gasteiger partial charge in [-0.25, -0.2) is 28.7 Å². The average molecular weight is 617 g/mol. The molecule has 6 rings (SSSR count). The van der Waals surface area contributed by atoms with Crippen LogP contribution < -0.4 is 17.0 Å². The Balaban J connectivity index is 1.25. The smallest absolute Gasteiger partial charge is 0.280 e. The lowest BCUT2D eigenvalue weighted by molar-refractivity contribution is -0.0416. The molecule has 6 heterocycles. The van der Waals surface area contributed by atoms with E-state index in [2.05, 4.69) is 42.2 Å². The zero-order valence-corrected chi connectivity index (χ0v) is 22.4. The number of nitrogens with one attached hydrogen (secondary N) is 1. The number of H-pyrrole nitrogens is 1. The van der Waals surface area contributed by atoms with Crippen LogP contribution >= 0.6 is 18.8 Å². The summed E-state index contributed by atoms with van der Waals surface area (Å²) in [6.07, 6.45) is -7.98. The lowest BCUT2D eigenvalue weighted by atomic mass is 10.1. The first-order chi connectivity index (χ1) is 19.5. The lowest BCUT2D eigenvalue weighted by Crippen LogP contribution is -2.33. The van der Waals surface area contributed by atoms with Gasteiger partial charge in [-0.15, -0.1) is 0 Å². The third kappa shape index (κ3) is 4.55. The predicted molar refractivity (Wildman–Crippen MR) is 139 cm³/mol. The molecule has 220 valence electrons. The van der Waals surface area contributed by atoms with Gasteiger partial charge in [0.15, 0.2) is 41.3 Å². The average Bonchev–Trinajstić information content (AvgIpc) is 3.68.